The third kappa shape index (κ3) is 3.97. The van der Waals surface area contributed by atoms with Gasteiger partial charge in [-0.3, -0.25) is 0 Å². The molecular weight excluding hydrogens is 214 g/mol. The minimum Gasteiger partial charge on any atom is -0.467 e. The van der Waals surface area contributed by atoms with Gasteiger partial charge >= 0.3 is 6.01 Å². The van der Waals surface area contributed by atoms with Gasteiger partial charge in [0.05, 0.1) is 7.11 Å². The average molecular weight is 237 g/mol. The standard InChI is InChI=1S/C13H23N3O/c1-4-6-7-10(5-2)12(14)11-8-15-13(17-3)16-9-11/h8-10,12H,4-7,14H2,1-3H3. The summed E-state index contributed by atoms with van der Waals surface area (Å²) in [5.74, 6) is 0.506. The molecule has 2 atom stereocenters. The van der Waals surface area contributed by atoms with E-state index in [1.165, 1.54) is 19.3 Å². The number of nitrogens with zero attached hydrogens (tertiary/aromatic N) is 2. The molecule has 0 aromatic carbocycles. The van der Waals surface area contributed by atoms with Gasteiger partial charge in [0.2, 0.25) is 0 Å². The van der Waals surface area contributed by atoms with Gasteiger partial charge < -0.3 is 10.5 Å². The van der Waals surface area contributed by atoms with E-state index in [2.05, 4.69) is 23.8 Å². The first-order valence-electron chi connectivity index (χ1n) is 6.34. The Morgan fingerprint density at radius 1 is 1.29 bits per heavy atom. The van der Waals surface area contributed by atoms with Gasteiger partial charge in [0.1, 0.15) is 0 Å². The van der Waals surface area contributed by atoms with E-state index in [1.807, 2.05) is 0 Å². The van der Waals surface area contributed by atoms with Crippen LogP contribution in [0, 0.1) is 5.92 Å². The largest absolute Gasteiger partial charge is 0.467 e. The van der Waals surface area contributed by atoms with Gasteiger partial charge in [0.15, 0.2) is 0 Å². The summed E-state index contributed by atoms with van der Waals surface area (Å²) in [4.78, 5) is 8.20. The number of hydrogen-bond acceptors (Lipinski definition) is 4. The number of hydrogen-bond donors (Lipinski definition) is 1. The number of ether oxygens (including phenoxy) is 1. The predicted molar refractivity (Wildman–Crippen MR) is 68.8 cm³/mol. The molecule has 17 heavy (non-hydrogen) atoms. The van der Waals surface area contributed by atoms with Crippen LogP contribution in [0.2, 0.25) is 0 Å². The summed E-state index contributed by atoms with van der Waals surface area (Å²) in [6.07, 6.45) is 8.23. The zero-order valence-electron chi connectivity index (χ0n) is 11.0. The summed E-state index contributed by atoms with van der Waals surface area (Å²) in [6.45, 7) is 4.39. The van der Waals surface area contributed by atoms with Crippen LogP contribution in [0.15, 0.2) is 12.4 Å². The maximum Gasteiger partial charge on any atom is 0.316 e. The van der Waals surface area contributed by atoms with Gasteiger partial charge in [-0.1, -0.05) is 33.1 Å². The Morgan fingerprint density at radius 3 is 2.41 bits per heavy atom. The molecule has 1 aromatic heterocycles. The molecule has 0 radical (unpaired) electrons. The SMILES string of the molecule is CCCCC(CC)C(N)c1cnc(OC)nc1. The Bertz CT molecular complexity index is 313. The normalized spacial score (nSPS) is 14.4. The molecular formula is C13H23N3O. The predicted octanol–water partition coefficient (Wildman–Crippen LogP) is 2.70. The molecule has 0 spiro atoms. The number of aromatic nitrogens is 2. The van der Waals surface area contributed by atoms with Crippen molar-refractivity contribution in [2.45, 2.75) is 45.6 Å². The average Bonchev–Trinajstić information content (AvgIpc) is 2.39. The molecule has 96 valence electrons. The van der Waals surface area contributed by atoms with Crippen molar-refractivity contribution in [3.8, 4) is 6.01 Å². The molecule has 1 aromatic rings. The Balaban J connectivity index is 2.67. The van der Waals surface area contributed by atoms with E-state index in [0.29, 0.717) is 11.9 Å². The molecule has 1 heterocycles. The second-order valence-corrected chi connectivity index (χ2v) is 4.34. The van der Waals surface area contributed by atoms with E-state index in [-0.39, 0.29) is 6.04 Å². The number of rotatable bonds is 7. The first kappa shape index (κ1) is 13.9. The third-order valence-electron chi connectivity index (χ3n) is 3.18. The third-order valence-corrected chi connectivity index (χ3v) is 3.18. The van der Waals surface area contributed by atoms with Crippen molar-refractivity contribution in [3.63, 3.8) is 0 Å². The highest BCUT2D eigenvalue weighted by Crippen LogP contribution is 2.26. The molecule has 0 fully saturated rings. The van der Waals surface area contributed by atoms with Crippen molar-refractivity contribution in [2.24, 2.45) is 11.7 Å². The topological polar surface area (TPSA) is 61.0 Å². The number of nitrogens with two attached hydrogens (primary N) is 1. The van der Waals surface area contributed by atoms with E-state index < -0.39 is 0 Å². The zero-order chi connectivity index (χ0) is 12.7. The lowest BCUT2D eigenvalue weighted by atomic mass is 9.89. The van der Waals surface area contributed by atoms with E-state index in [1.54, 1.807) is 19.5 Å². The van der Waals surface area contributed by atoms with Crippen molar-refractivity contribution >= 4 is 0 Å². The van der Waals surface area contributed by atoms with Crippen LogP contribution in [-0.2, 0) is 0 Å². The van der Waals surface area contributed by atoms with Crippen molar-refractivity contribution in [1.82, 2.24) is 9.97 Å². The molecule has 2 unspecified atom stereocenters. The molecule has 0 saturated carbocycles. The fourth-order valence-corrected chi connectivity index (χ4v) is 1.98. The summed E-state index contributed by atoms with van der Waals surface area (Å²) in [5, 5.41) is 0. The van der Waals surface area contributed by atoms with Gasteiger partial charge in [0.25, 0.3) is 0 Å². The highest BCUT2D eigenvalue weighted by atomic mass is 16.5. The fourth-order valence-electron chi connectivity index (χ4n) is 1.98. The molecule has 0 saturated heterocycles. The smallest absolute Gasteiger partial charge is 0.316 e. The van der Waals surface area contributed by atoms with E-state index in [4.69, 9.17) is 10.5 Å². The molecule has 0 aliphatic rings. The molecule has 2 N–H and O–H groups in total. The summed E-state index contributed by atoms with van der Waals surface area (Å²) in [7, 11) is 1.56. The summed E-state index contributed by atoms with van der Waals surface area (Å²) in [5.41, 5.74) is 7.26. The lowest BCUT2D eigenvalue weighted by Gasteiger charge is -2.22. The van der Waals surface area contributed by atoms with Crippen molar-refractivity contribution in [1.29, 1.82) is 0 Å². The number of methoxy groups -OCH3 is 1. The van der Waals surface area contributed by atoms with E-state index in [9.17, 15) is 0 Å². The maximum atomic E-state index is 6.26. The van der Waals surface area contributed by atoms with Gasteiger partial charge in [-0.15, -0.1) is 0 Å². The summed E-state index contributed by atoms with van der Waals surface area (Å²) >= 11 is 0. The quantitative estimate of drug-likeness (QED) is 0.792. The van der Waals surface area contributed by atoms with Crippen LogP contribution in [0.25, 0.3) is 0 Å². The Morgan fingerprint density at radius 2 is 1.94 bits per heavy atom. The van der Waals surface area contributed by atoms with Crippen LogP contribution in [-0.4, -0.2) is 17.1 Å². The minimum absolute atomic E-state index is 0.0254. The van der Waals surface area contributed by atoms with Crippen LogP contribution >= 0.6 is 0 Å². The second kappa shape index (κ2) is 7.22. The van der Waals surface area contributed by atoms with Crippen molar-refractivity contribution in [2.75, 3.05) is 7.11 Å². The molecule has 0 amide bonds. The Labute approximate surface area is 104 Å². The van der Waals surface area contributed by atoms with Gasteiger partial charge in [-0.05, 0) is 12.3 Å². The van der Waals surface area contributed by atoms with Crippen molar-refractivity contribution < 1.29 is 4.74 Å². The highest BCUT2D eigenvalue weighted by molar-refractivity contribution is 5.13. The molecule has 0 bridgehead atoms. The summed E-state index contributed by atoms with van der Waals surface area (Å²) in [6, 6.07) is 0.417. The Kier molecular flexibility index (Phi) is 5.91. The maximum absolute atomic E-state index is 6.26. The van der Waals surface area contributed by atoms with Crippen molar-refractivity contribution in [3.05, 3.63) is 18.0 Å². The highest BCUT2D eigenvalue weighted by Gasteiger charge is 2.18. The van der Waals surface area contributed by atoms with E-state index >= 15 is 0 Å². The van der Waals surface area contributed by atoms with Crippen LogP contribution < -0.4 is 10.5 Å². The molecule has 0 aliphatic carbocycles. The van der Waals surface area contributed by atoms with Crippen LogP contribution in [0.5, 0.6) is 6.01 Å². The lowest BCUT2D eigenvalue weighted by Crippen LogP contribution is -2.21. The Hall–Kier alpha value is -1.16. The lowest BCUT2D eigenvalue weighted by molar-refractivity contribution is 0.366. The monoisotopic (exact) mass is 237 g/mol. The molecule has 1 rings (SSSR count). The van der Waals surface area contributed by atoms with Crippen LogP contribution in [0.1, 0.15) is 51.1 Å². The van der Waals surface area contributed by atoms with Gasteiger partial charge in [0, 0.05) is 24.0 Å². The van der Waals surface area contributed by atoms with E-state index in [0.717, 1.165) is 12.0 Å². The second-order valence-electron chi connectivity index (χ2n) is 4.34. The molecule has 0 aliphatic heterocycles. The van der Waals surface area contributed by atoms with Gasteiger partial charge in [-0.2, -0.15) is 0 Å². The zero-order valence-corrected chi connectivity index (χ0v) is 11.0. The van der Waals surface area contributed by atoms with Crippen LogP contribution in [0.4, 0.5) is 0 Å². The first-order chi connectivity index (χ1) is 8.22. The number of unbranched alkanes of at least 4 members (excludes halogenated alkanes) is 1. The van der Waals surface area contributed by atoms with Gasteiger partial charge in [-0.25, -0.2) is 9.97 Å². The minimum atomic E-state index is 0.0254. The van der Waals surface area contributed by atoms with Crippen LogP contribution in [0.3, 0.4) is 0 Å². The first-order valence-corrected chi connectivity index (χ1v) is 6.34. The molecule has 4 heteroatoms. The molecule has 4 nitrogen and oxygen atoms in total. The fraction of sp³-hybridized carbons (Fsp3) is 0.692. The summed E-state index contributed by atoms with van der Waals surface area (Å²) < 4.78 is 4.94.